The summed E-state index contributed by atoms with van der Waals surface area (Å²) in [4.78, 5) is 2.76. The second-order valence-corrected chi connectivity index (χ2v) is 6.11. The minimum atomic E-state index is 0.732. The SMILES string of the molecule is SCC1CCC2(CCN(C3CC3)C2)C1. The van der Waals surface area contributed by atoms with Gasteiger partial charge in [-0.1, -0.05) is 0 Å². The van der Waals surface area contributed by atoms with E-state index in [0.717, 1.165) is 23.1 Å². The fourth-order valence-corrected chi connectivity index (χ4v) is 3.89. The lowest BCUT2D eigenvalue weighted by molar-refractivity contribution is 0.250. The molecule has 1 nitrogen and oxygen atoms in total. The monoisotopic (exact) mass is 211 g/mol. The summed E-state index contributed by atoms with van der Waals surface area (Å²) in [6.45, 7) is 2.81. The molecule has 2 aliphatic carbocycles. The van der Waals surface area contributed by atoms with Crippen LogP contribution in [0.5, 0.6) is 0 Å². The molecule has 0 bridgehead atoms. The molecule has 14 heavy (non-hydrogen) atoms. The largest absolute Gasteiger partial charge is 0.300 e. The number of nitrogens with zero attached hydrogens (tertiary/aromatic N) is 1. The summed E-state index contributed by atoms with van der Waals surface area (Å²) in [6, 6.07) is 0.990. The molecule has 3 rings (SSSR count). The Morgan fingerprint density at radius 3 is 2.71 bits per heavy atom. The van der Waals surface area contributed by atoms with Crippen molar-refractivity contribution in [2.75, 3.05) is 18.8 Å². The Morgan fingerprint density at radius 1 is 1.21 bits per heavy atom. The molecule has 0 radical (unpaired) electrons. The number of thiol groups is 1. The summed E-state index contributed by atoms with van der Waals surface area (Å²) in [6.07, 6.45) is 8.84. The Kier molecular flexibility index (Phi) is 2.32. The van der Waals surface area contributed by atoms with Gasteiger partial charge >= 0.3 is 0 Å². The van der Waals surface area contributed by atoms with Gasteiger partial charge in [0.25, 0.3) is 0 Å². The van der Waals surface area contributed by atoms with Crippen LogP contribution in [0.4, 0.5) is 0 Å². The Balaban J connectivity index is 1.63. The predicted molar refractivity (Wildman–Crippen MR) is 62.8 cm³/mol. The second-order valence-electron chi connectivity index (χ2n) is 5.74. The maximum atomic E-state index is 4.45. The third-order valence-corrected chi connectivity index (χ3v) is 5.11. The number of likely N-dealkylation sites (tertiary alicyclic amines) is 1. The Morgan fingerprint density at radius 2 is 2.07 bits per heavy atom. The van der Waals surface area contributed by atoms with E-state index in [1.807, 2.05) is 0 Å². The van der Waals surface area contributed by atoms with Crippen LogP contribution in [0.15, 0.2) is 0 Å². The maximum Gasteiger partial charge on any atom is 0.00966 e. The van der Waals surface area contributed by atoms with E-state index >= 15 is 0 Å². The van der Waals surface area contributed by atoms with E-state index in [9.17, 15) is 0 Å². The minimum absolute atomic E-state index is 0.732. The van der Waals surface area contributed by atoms with Gasteiger partial charge in [0.2, 0.25) is 0 Å². The van der Waals surface area contributed by atoms with Crippen molar-refractivity contribution in [1.82, 2.24) is 4.90 Å². The third-order valence-electron chi connectivity index (χ3n) is 4.59. The molecule has 1 saturated heterocycles. The van der Waals surface area contributed by atoms with Crippen molar-refractivity contribution in [1.29, 1.82) is 0 Å². The van der Waals surface area contributed by atoms with Crippen LogP contribution in [0, 0.1) is 11.3 Å². The second kappa shape index (κ2) is 3.41. The van der Waals surface area contributed by atoms with E-state index in [4.69, 9.17) is 0 Å². The van der Waals surface area contributed by atoms with Crippen LogP contribution >= 0.6 is 12.6 Å². The maximum absolute atomic E-state index is 4.45. The molecule has 2 atom stereocenters. The van der Waals surface area contributed by atoms with Crippen molar-refractivity contribution in [3.05, 3.63) is 0 Å². The summed E-state index contributed by atoms with van der Waals surface area (Å²) in [5.41, 5.74) is 0.732. The van der Waals surface area contributed by atoms with Crippen molar-refractivity contribution in [2.45, 2.75) is 44.6 Å². The van der Waals surface area contributed by atoms with Crippen LogP contribution in [-0.4, -0.2) is 29.8 Å². The first kappa shape index (κ1) is 9.53. The molecule has 0 aromatic heterocycles. The van der Waals surface area contributed by atoms with E-state index in [0.29, 0.717) is 0 Å². The number of hydrogen-bond donors (Lipinski definition) is 1. The molecule has 2 heteroatoms. The van der Waals surface area contributed by atoms with Crippen molar-refractivity contribution in [2.24, 2.45) is 11.3 Å². The van der Waals surface area contributed by atoms with Crippen molar-refractivity contribution in [3.63, 3.8) is 0 Å². The van der Waals surface area contributed by atoms with E-state index in [2.05, 4.69) is 17.5 Å². The molecule has 0 amide bonds. The lowest BCUT2D eigenvalue weighted by Gasteiger charge is -2.24. The third kappa shape index (κ3) is 1.61. The number of rotatable bonds is 2. The highest BCUT2D eigenvalue weighted by molar-refractivity contribution is 7.80. The van der Waals surface area contributed by atoms with Gasteiger partial charge in [0, 0.05) is 12.6 Å². The molecule has 3 fully saturated rings. The minimum Gasteiger partial charge on any atom is -0.300 e. The Bertz CT molecular complexity index is 226. The standard InChI is InChI=1S/C12H21NS/c14-8-10-3-4-12(7-10)5-6-13(9-12)11-1-2-11/h10-11,14H,1-9H2. The molecule has 3 aliphatic rings. The Hall–Kier alpha value is 0.310. The summed E-state index contributed by atoms with van der Waals surface area (Å²) >= 11 is 4.45. The van der Waals surface area contributed by atoms with Crippen LogP contribution in [0.1, 0.15) is 38.5 Å². The quantitative estimate of drug-likeness (QED) is 0.687. The van der Waals surface area contributed by atoms with Gasteiger partial charge in [-0.15, -0.1) is 0 Å². The van der Waals surface area contributed by atoms with Gasteiger partial charge in [0.1, 0.15) is 0 Å². The summed E-state index contributed by atoms with van der Waals surface area (Å²) in [7, 11) is 0. The summed E-state index contributed by atoms with van der Waals surface area (Å²) in [5.74, 6) is 2.04. The molecular weight excluding hydrogens is 190 g/mol. The number of hydrogen-bond acceptors (Lipinski definition) is 2. The fraction of sp³-hybridized carbons (Fsp3) is 1.00. The molecule has 1 heterocycles. The van der Waals surface area contributed by atoms with Crippen molar-refractivity contribution in [3.8, 4) is 0 Å². The van der Waals surface area contributed by atoms with Crippen molar-refractivity contribution < 1.29 is 0 Å². The van der Waals surface area contributed by atoms with Gasteiger partial charge in [-0.2, -0.15) is 12.6 Å². The van der Waals surface area contributed by atoms with Crippen molar-refractivity contribution >= 4 is 12.6 Å². The van der Waals surface area contributed by atoms with E-state index in [1.54, 1.807) is 0 Å². The van der Waals surface area contributed by atoms with E-state index in [1.165, 1.54) is 51.6 Å². The highest BCUT2D eigenvalue weighted by Gasteiger charge is 2.46. The molecule has 2 saturated carbocycles. The molecule has 1 aliphatic heterocycles. The van der Waals surface area contributed by atoms with Crippen LogP contribution in [-0.2, 0) is 0 Å². The molecule has 2 unspecified atom stereocenters. The molecule has 0 aromatic carbocycles. The lowest BCUT2D eigenvalue weighted by Crippen LogP contribution is -2.27. The van der Waals surface area contributed by atoms with Crippen LogP contribution < -0.4 is 0 Å². The molecule has 0 aromatic rings. The smallest absolute Gasteiger partial charge is 0.00966 e. The summed E-state index contributed by atoms with van der Waals surface area (Å²) < 4.78 is 0. The first-order chi connectivity index (χ1) is 6.81. The Labute approximate surface area is 92.7 Å². The van der Waals surface area contributed by atoms with Gasteiger partial charge in [0.15, 0.2) is 0 Å². The molecular formula is C12H21NS. The fourth-order valence-electron chi connectivity index (χ4n) is 3.57. The normalized spacial score (nSPS) is 43.9. The molecule has 80 valence electrons. The van der Waals surface area contributed by atoms with Gasteiger partial charge in [0.05, 0.1) is 0 Å². The first-order valence-electron chi connectivity index (χ1n) is 6.16. The molecule has 0 N–H and O–H groups in total. The van der Waals surface area contributed by atoms with Gasteiger partial charge in [-0.25, -0.2) is 0 Å². The zero-order valence-corrected chi connectivity index (χ0v) is 9.81. The highest BCUT2D eigenvalue weighted by atomic mass is 32.1. The van der Waals surface area contributed by atoms with Crippen LogP contribution in [0.3, 0.4) is 0 Å². The average Bonchev–Trinajstić information content (AvgIpc) is 2.87. The topological polar surface area (TPSA) is 3.24 Å². The van der Waals surface area contributed by atoms with Crippen LogP contribution in [0.25, 0.3) is 0 Å². The van der Waals surface area contributed by atoms with E-state index < -0.39 is 0 Å². The zero-order chi connectivity index (χ0) is 9.60. The lowest BCUT2D eigenvalue weighted by atomic mass is 9.85. The zero-order valence-electron chi connectivity index (χ0n) is 8.91. The average molecular weight is 211 g/mol. The molecule has 1 spiro atoms. The van der Waals surface area contributed by atoms with Gasteiger partial charge in [-0.05, 0) is 62.2 Å². The summed E-state index contributed by atoms with van der Waals surface area (Å²) in [5, 5.41) is 0. The first-order valence-corrected chi connectivity index (χ1v) is 6.79. The predicted octanol–water partition coefficient (Wildman–Crippen LogP) is 2.57. The van der Waals surface area contributed by atoms with Crippen LogP contribution in [0.2, 0.25) is 0 Å². The van der Waals surface area contributed by atoms with E-state index in [-0.39, 0.29) is 0 Å². The van der Waals surface area contributed by atoms with Gasteiger partial charge < -0.3 is 0 Å². The highest BCUT2D eigenvalue weighted by Crippen LogP contribution is 2.50. The van der Waals surface area contributed by atoms with Gasteiger partial charge in [-0.3, -0.25) is 4.90 Å².